The smallest absolute Gasteiger partial charge is 0.137 e. The molecule has 2 aromatic heterocycles. The van der Waals surface area contributed by atoms with Crippen LogP contribution < -0.4 is 10.1 Å². The van der Waals surface area contributed by atoms with Crippen LogP contribution in [-0.2, 0) is 6.54 Å². The summed E-state index contributed by atoms with van der Waals surface area (Å²) in [7, 11) is 1.65. The van der Waals surface area contributed by atoms with E-state index in [1.807, 2.05) is 59.4 Å². The number of benzene rings is 2. The van der Waals surface area contributed by atoms with Crippen LogP contribution in [0.5, 0.6) is 5.75 Å². The van der Waals surface area contributed by atoms with Gasteiger partial charge in [0.25, 0.3) is 0 Å². The maximum atomic E-state index is 5.19. The molecule has 0 bridgehead atoms. The number of hydrogen-bond donors (Lipinski definition) is 1. The fraction of sp³-hybridized carbons (Fsp3) is 0.105. The minimum atomic E-state index is 0.571. The van der Waals surface area contributed by atoms with E-state index in [4.69, 9.17) is 4.74 Å². The lowest BCUT2D eigenvalue weighted by Crippen LogP contribution is -2.04. The van der Waals surface area contributed by atoms with Gasteiger partial charge in [-0.15, -0.1) is 0 Å². The maximum absolute atomic E-state index is 5.19. The highest BCUT2D eigenvalue weighted by Gasteiger charge is 2.06. The second-order valence-corrected chi connectivity index (χ2v) is 6.60. The van der Waals surface area contributed by atoms with E-state index in [1.54, 1.807) is 13.4 Å². The van der Waals surface area contributed by atoms with Crippen LogP contribution in [0.4, 0.5) is 5.82 Å². The highest BCUT2D eigenvalue weighted by molar-refractivity contribution is 9.10. The predicted molar refractivity (Wildman–Crippen MR) is 105 cm³/mol. The molecule has 130 valence electrons. The normalized spacial score (nSPS) is 10.8. The Morgan fingerprint density at radius 1 is 1.08 bits per heavy atom. The van der Waals surface area contributed by atoms with Gasteiger partial charge in [-0.2, -0.15) is 5.10 Å². The van der Waals surface area contributed by atoms with Crippen LogP contribution in [0.3, 0.4) is 0 Å². The molecule has 6 nitrogen and oxygen atoms in total. The Kier molecular flexibility index (Phi) is 4.53. The molecule has 0 saturated heterocycles. The molecular weight excluding hydrogens is 394 g/mol. The van der Waals surface area contributed by atoms with Gasteiger partial charge in [-0.1, -0.05) is 15.9 Å². The molecule has 0 aliphatic carbocycles. The van der Waals surface area contributed by atoms with E-state index >= 15 is 0 Å². The summed E-state index contributed by atoms with van der Waals surface area (Å²) in [4.78, 5) is 8.65. The molecule has 0 unspecified atom stereocenters. The van der Waals surface area contributed by atoms with Crippen molar-refractivity contribution in [1.82, 2.24) is 19.7 Å². The van der Waals surface area contributed by atoms with Gasteiger partial charge in [0.1, 0.15) is 17.9 Å². The zero-order valence-corrected chi connectivity index (χ0v) is 15.6. The summed E-state index contributed by atoms with van der Waals surface area (Å²) in [6.45, 7) is 0.571. The summed E-state index contributed by atoms with van der Waals surface area (Å²) in [5.74, 6) is 1.61. The Hall–Kier alpha value is -2.93. The zero-order chi connectivity index (χ0) is 17.9. The highest BCUT2D eigenvalue weighted by atomic mass is 79.9. The highest BCUT2D eigenvalue weighted by Crippen LogP contribution is 2.23. The van der Waals surface area contributed by atoms with Crippen molar-refractivity contribution in [2.45, 2.75) is 6.54 Å². The number of hydrogen-bond acceptors (Lipinski definition) is 5. The number of aromatic nitrogens is 4. The summed E-state index contributed by atoms with van der Waals surface area (Å²) in [6.07, 6.45) is 3.50. The Labute approximate surface area is 159 Å². The van der Waals surface area contributed by atoms with Gasteiger partial charge in [-0.05, 0) is 48.5 Å². The number of rotatable bonds is 5. The van der Waals surface area contributed by atoms with Crippen LogP contribution in [0.2, 0.25) is 0 Å². The first-order valence-electron chi connectivity index (χ1n) is 8.06. The molecule has 4 aromatic rings. The first-order valence-corrected chi connectivity index (χ1v) is 8.85. The van der Waals surface area contributed by atoms with Crippen molar-refractivity contribution in [3.05, 3.63) is 71.2 Å². The third-order valence-electron chi connectivity index (χ3n) is 4.02. The van der Waals surface area contributed by atoms with Crippen molar-refractivity contribution in [3.63, 3.8) is 0 Å². The lowest BCUT2D eigenvalue weighted by atomic mass is 10.2. The summed E-state index contributed by atoms with van der Waals surface area (Å²) in [5, 5.41) is 8.92. The minimum Gasteiger partial charge on any atom is -0.497 e. The SMILES string of the molecule is COc1ccc(-n2ccc(CNc3ncnc4ccc(Br)cc34)n2)cc1. The van der Waals surface area contributed by atoms with Crippen molar-refractivity contribution < 1.29 is 4.74 Å². The van der Waals surface area contributed by atoms with Gasteiger partial charge in [0.05, 0.1) is 30.6 Å². The van der Waals surface area contributed by atoms with E-state index in [0.29, 0.717) is 6.54 Å². The zero-order valence-electron chi connectivity index (χ0n) is 14.1. The monoisotopic (exact) mass is 409 g/mol. The molecule has 0 amide bonds. The topological polar surface area (TPSA) is 64.9 Å². The largest absolute Gasteiger partial charge is 0.497 e. The fourth-order valence-electron chi connectivity index (χ4n) is 2.68. The molecular formula is C19H16BrN5O. The van der Waals surface area contributed by atoms with Crippen molar-refractivity contribution in [2.75, 3.05) is 12.4 Å². The third kappa shape index (κ3) is 3.39. The average molecular weight is 410 g/mol. The molecule has 0 radical (unpaired) electrons. The Morgan fingerprint density at radius 3 is 2.73 bits per heavy atom. The minimum absolute atomic E-state index is 0.571. The fourth-order valence-corrected chi connectivity index (χ4v) is 3.04. The van der Waals surface area contributed by atoms with Gasteiger partial charge in [-0.3, -0.25) is 0 Å². The summed E-state index contributed by atoms with van der Waals surface area (Å²) in [6, 6.07) is 15.7. The molecule has 0 fully saturated rings. The van der Waals surface area contributed by atoms with E-state index in [2.05, 4.69) is 36.3 Å². The number of nitrogens with zero attached hydrogens (tertiary/aromatic N) is 4. The molecule has 0 atom stereocenters. The number of ether oxygens (including phenoxy) is 1. The third-order valence-corrected chi connectivity index (χ3v) is 4.51. The van der Waals surface area contributed by atoms with E-state index in [1.165, 1.54) is 0 Å². The summed E-state index contributed by atoms with van der Waals surface area (Å²) in [5.41, 5.74) is 2.80. The molecule has 26 heavy (non-hydrogen) atoms. The number of methoxy groups -OCH3 is 1. The lowest BCUT2D eigenvalue weighted by Gasteiger charge is -2.07. The lowest BCUT2D eigenvalue weighted by molar-refractivity contribution is 0.414. The molecule has 2 aromatic carbocycles. The molecule has 7 heteroatoms. The van der Waals surface area contributed by atoms with Gasteiger partial charge in [0.2, 0.25) is 0 Å². The molecule has 2 heterocycles. The van der Waals surface area contributed by atoms with E-state index in [0.717, 1.165) is 38.3 Å². The number of nitrogens with one attached hydrogen (secondary N) is 1. The molecule has 0 aliphatic heterocycles. The number of halogens is 1. The molecule has 0 saturated carbocycles. The van der Waals surface area contributed by atoms with Crippen LogP contribution in [0.15, 0.2) is 65.5 Å². The van der Waals surface area contributed by atoms with E-state index < -0.39 is 0 Å². The molecule has 4 rings (SSSR count). The predicted octanol–water partition coefficient (Wildman–Crippen LogP) is 4.20. The van der Waals surface area contributed by atoms with Crippen LogP contribution >= 0.6 is 15.9 Å². The van der Waals surface area contributed by atoms with Crippen molar-refractivity contribution >= 4 is 32.7 Å². The van der Waals surface area contributed by atoms with E-state index in [9.17, 15) is 0 Å². The first kappa shape index (κ1) is 16.5. The van der Waals surface area contributed by atoms with Crippen molar-refractivity contribution in [3.8, 4) is 11.4 Å². The summed E-state index contributed by atoms with van der Waals surface area (Å²) < 4.78 is 8.02. The second kappa shape index (κ2) is 7.13. The van der Waals surface area contributed by atoms with Gasteiger partial charge in [0, 0.05) is 16.1 Å². The Bertz CT molecular complexity index is 1050. The quantitative estimate of drug-likeness (QED) is 0.534. The standard InChI is InChI=1S/C19H16BrN5O/c1-26-16-5-3-15(4-6-16)25-9-8-14(24-25)11-21-19-17-10-13(20)2-7-18(17)22-12-23-19/h2-10,12H,11H2,1H3,(H,21,22,23). The van der Waals surface area contributed by atoms with Crippen LogP contribution in [-0.4, -0.2) is 26.9 Å². The number of fused-ring (bicyclic) bond motifs is 1. The molecule has 0 aliphatic rings. The Morgan fingerprint density at radius 2 is 1.92 bits per heavy atom. The molecule has 1 N–H and O–H groups in total. The summed E-state index contributed by atoms with van der Waals surface area (Å²) >= 11 is 3.49. The average Bonchev–Trinajstić information content (AvgIpc) is 3.15. The van der Waals surface area contributed by atoms with Gasteiger partial charge < -0.3 is 10.1 Å². The van der Waals surface area contributed by atoms with Crippen LogP contribution in [0, 0.1) is 0 Å². The Balaban J connectivity index is 1.52. The van der Waals surface area contributed by atoms with Gasteiger partial charge in [0.15, 0.2) is 0 Å². The van der Waals surface area contributed by atoms with Crippen LogP contribution in [0.1, 0.15) is 5.69 Å². The van der Waals surface area contributed by atoms with Crippen molar-refractivity contribution in [2.24, 2.45) is 0 Å². The van der Waals surface area contributed by atoms with Gasteiger partial charge in [-0.25, -0.2) is 14.6 Å². The maximum Gasteiger partial charge on any atom is 0.137 e. The molecule has 0 spiro atoms. The second-order valence-electron chi connectivity index (χ2n) is 5.69. The van der Waals surface area contributed by atoms with E-state index in [-0.39, 0.29) is 0 Å². The van der Waals surface area contributed by atoms with Crippen molar-refractivity contribution in [1.29, 1.82) is 0 Å². The van der Waals surface area contributed by atoms with Gasteiger partial charge >= 0.3 is 0 Å². The first-order chi connectivity index (χ1) is 12.7. The number of anilines is 1. The van der Waals surface area contributed by atoms with Crippen LogP contribution in [0.25, 0.3) is 16.6 Å².